The highest BCUT2D eigenvalue weighted by molar-refractivity contribution is 5.88. The molecule has 8 nitrogen and oxygen atoms in total. The summed E-state index contributed by atoms with van der Waals surface area (Å²) in [5.74, 6) is 0.783. The van der Waals surface area contributed by atoms with Crippen LogP contribution in [0.15, 0.2) is 42.5 Å². The molecule has 8 heteroatoms. The summed E-state index contributed by atoms with van der Waals surface area (Å²) in [5, 5.41) is 11.2. The van der Waals surface area contributed by atoms with Gasteiger partial charge in [0.05, 0.1) is 16.6 Å². The molecule has 2 aromatic carbocycles. The van der Waals surface area contributed by atoms with Crippen molar-refractivity contribution in [2.45, 2.75) is 6.92 Å². The van der Waals surface area contributed by atoms with E-state index in [1.807, 2.05) is 31.2 Å². The molecule has 0 unspecified atom stereocenters. The van der Waals surface area contributed by atoms with E-state index in [0.29, 0.717) is 11.5 Å². The Labute approximate surface area is 155 Å². The van der Waals surface area contributed by atoms with Crippen molar-refractivity contribution in [2.24, 2.45) is 0 Å². The lowest BCUT2D eigenvalue weighted by molar-refractivity contribution is -0.385. The largest absolute Gasteiger partial charge is 0.490 e. The molecule has 0 saturated carbocycles. The third kappa shape index (κ3) is 4.55. The molecular formula is C19H17NO7. The van der Waals surface area contributed by atoms with Crippen LogP contribution < -0.4 is 14.2 Å². The van der Waals surface area contributed by atoms with Crippen molar-refractivity contribution in [2.75, 3.05) is 20.0 Å². The normalized spacial score (nSPS) is 12.2. The van der Waals surface area contributed by atoms with Gasteiger partial charge in [-0.1, -0.05) is 18.2 Å². The van der Waals surface area contributed by atoms with Crippen LogP contribution in [0.4, 0.5) is 5.69 Å². The molecule has 0 saturated heterocycles. The maximum atomic E-state index is 11.8. The number of hydrogen-bond acceptors (Lipinski definition) is 7. The summed E-state index contributed by atoms with van der Waals surface area (Å²) in [5.41, 5.74) is 1.02. The van der Waals surface area contributed by atoms with Crippen LogP contribution in [0, 0.1) is 17.0 Å². The number of nitro groups is 1. The van der Waals surface area contributed by atoms with Gasteiger partial charge in [0.25, 0.3) is 5.69 Å². The van der Waals surface area contributed by atoms with Crippen LogP contribution in [-0.2, 0) is 9.53 Å². The van der Waals surface area contributed by atoms with Crippen LogP contribution >= 0.6 is 0 Å². The highest BCUT2D eigenvalue weighted by Gasteiger charge is 2.22. The standard InChI is InChI=1S/C19H17NO7/c1-13-4-2-3-5-16(13)24-8-9-25-19(21)7-6-14-10-17-18(27-12-26-17)11-15(14)20(22)23/h2-7,10-11H,8-9,12H2,1H3/b7-6+. The van der Waals surface area contributed by atoms with Crippen LogP contribution in [0.5, 0.6) is 17.2 Å². The van der Waals surface area contributed by atoms with E-state index >= 15 is 0 Å². The second-order valence-corrected chi connectivity index (χ2v) is 5.64. The Morgan fingerprint density at radius 1 is 1.22 bits per heavy atom. The molecule has 1 aliphatic rings. The topological polar surface area (TPSA) is 97.1 Å². The third-order valence-corrected chi connectivity index (χ3v) is 3.80. The van der Waals surface area contributed by atoms with Gasteiger partial charge in [-0.25, -0.2) is 4.79 Å². The summed E-state index contributed by atoms with van der Waals surface area (Å²) in [6.45, 7) is 2.18. The molecule has 0 fully saturated rings. The van der Waals surface area contributed by atoms with Gasteiger partial charge in [-0.15, -0.1) is 0 Å². The van der Waals surface area contributed by atoms with Gasteiger partial charge in [0.15, 0.2) is 11.5 Å². The first kappa shape index (κ1) is 18.2. The number of fused-ring (bicyclic) bond motifs is 1. The molecule has 1 heterocycles. The molecule has 0 aliphatic carbocycles. The monoisotopic (exact) mass is 371 g/mol. The van der Waals surface area contributed by atoms with Crippen LogP contribution in [0.1, 0.15) is 11.1 Å². The maximum absolute atomic E-state index is 11.8. The number of carbonyl (C=O) groups is 1. The highest BCUT2D eigenvalue weighted by Crippen LogP contribution is 2.38. The lowest BCUT2D eigenvalue weighted by Crippen LogP contribution is -2.10. The number of ether oxygens (including phenoxy) is 4. The van der Waals surface area contributed by atoms with Crippen molar-refractivity contribution in [3.63, 3.8) is 0 Å². The number of aryl methyl sites for hydroxylation is 1. The summed E-state index contributed by atoms with van der Waals surface area (Å²) in [4.78, 5) is 22.4. The van der Waals surface area contributed by atoms with Crippen LogP contribution in [0.2, 0.25) is 0 Å². The molecule has 1 aliphatic heterocycles. The van der Waals surface area contributed by atoms with Crippen molar-refractivity contribution < 1.29 is 28.7 Å². The zero-order valence-corrected chi connectivity index (χ0v) is 14.5. The number of hydrogen-bond donors (Lipinski definition) is 0. The lowest BCUT2D eigenvalue weighted by Gasteiger charge is -2.08. The Balaban J connectivity index is 1.55. The molecule has 140 valence electrons. The Morgan fingerprint density at radius 2 is 1.96 bits per heavy atom. The molecule has 0 N–H and O–H groups in total. The summed E-state index contributed by atoms with van der Waals surface area (Å²) < 4.78 is 20.9. The average Bonchev–Trinajstić information content (AvgIpc) is 3.11. The third-order valence-electron chi connectivity index (χ3n) is 3.80. The Hall–Kier alpha value is -3.55. The first-order chi connectivity index (χ1) is 13.0. The maximum Gasteiger partial charge on any atom is 0.330 e. The fraction of sp³-hybridized carbons (Fsp3) is 0.211. The molecule has 0 spiro atoms. The van der Waals surface area contributed by atoms with E-state index in [9.17, 15) is 14.9 Å². The minimum atomic E-state index is -0.629. The fourth-order valence-electron chi connectivity index (χ4n) is 2.46. The van der Waals surface area contributed by atoms with Gasteiger partial charge in [-0.2, -0.15) is 0 Å². The number of nitro benzene ring substituents is 1. The summed E-state index contributed by atoms with van der Waals surface area (Å²) >= 11 is 0. The number of rotatable bonds is 7. The smallest absolute Gasteiger partial charge is 0.330 e. The summed E-state index contributed by atoms with van der Waals surface area (Å²) in [6, 6.07) is 10.2. The predicted molar refractivity (Wildman–Crippen MR) is 95.9 cm³/mol. The quantitative estimate of drug-likeness (QED) is 0.242. The van der Waals surface area contributed by atoms with Gasteiger partial charge in [-0.3, -0.25) is 10.1 Å². The Bertz CT molecular complexity index is 892. The first-order valence-corrected chi connectivity index (χ1v) is 8.16. The molecular weight excluding hydrogens is 354 g/mol. The molecule has 2 aromatic rings. The number of esters is 1. The molecule has 0 amide bonds. The minimum Gasteiger partial charge on any atom is -0.490 e. The van der Waals surface area contributed by atoms with Gasteiger partial charge in [0.1, 0.15) is 19.0 Å². The number of benzene rings is 2. The molecule has 27 heavy (non-hydrogen) atoms. The SMILES string of the molecule is Cc1ccccc1OCCOC(=O)/C=C/c1cc2c(cc1[N+](=O)[O-])OCO2. The number of para-hydroxylation sites is 1. The van der Waals surface area contributed by atoms with Gasteiger partial charge < -0.3 is 18.9 Å². The van der Waals surface area contributed by atoms with Gasteiger partial charge in [0.2, 0.25) is 6.79 Å². The first-order valence-electron chi connectivity index (χ1n) is 8.16. The fourth-order valence-corrected chi connectivity index (χ4v) is 2.46. The number of nitrogens with zero attached hydrogens (tertiary/aromatic N) is 1. The van der Waals surface area contributed by atoms with Crippen molar-refractivity contribution in [1.82, 2.24) is 0 Å². The van der Waals surface area contributed by atoms with E-state index in [1.54, 1.807) is 0 Å². The molecule has 0 radical (unpaired) electrons. The van der Waals surface area contributed by atoms with Crippen molar-refractivity contribution in [3.05, 3.63) is 63.7 Å². The van der Waals surface area contributed by atoms with Crippen LogP contribution in [0.25, 0.3) is 6.08 Å². The van der Waals surface area contributed by atoms with Crippen molar-refractivity contribution >= 4 is 17.7 Å². The second kappa shape index (κ2) is 8.22. The average molecular weight is 371 g/mol. The second-order valence-electron chi connectivity index (χ2n) is 5.64. The van der Waals surface area contributed by atoms with E-state index in [1.165, 1.54) is 18.2 Å². The lowest BCUT2D eigenvalue weighted by atomic mass is 10.1. The zero-order chi connectivity index (χ0) is 19.2. The van der Waals surface area contributed by atoms with Gasteiger partial charge >= 0.3 is 5.97 Å². The summed E-state index contributed by atoms with van der Waals surface area (Å²) in [7, 11) is 0. The van der Waals surface area contributed by atoms with E-state index in [2.05, 4.69) is 0 Å². The highest BCUT2D eigenvalue weighted by atomic mass is 16.7. The molecule has 0 atom stereocenters. The summed E-state index contributed by atoms with van der Waals surface area (Å²) in [6.07, 6.45) is 2.43. The predicted octanol–water partition coefficient (Wildman–Crippen LogP) is 3.27. The van der Waals surface area contributed by atoms with E-state index in [-0.39, 0.29) is 31.3 Å². The van der Waals surface area contributed by atoms with Crippen LogP contribution in [-0.4, -0.2) is 30.9 Å². The van der Waals surface area contributed by atoms with E-state index < -0.39 is 10.9 Å². The zero-order valence-electron chi connectivity index (χ0n) is 14.5. The van der Waals surface area contributed by atoms with Gasteiger partial charge in [0, 0.05) is 6.08 Å². The van der Waals surface area contributed by atoms with E-state index in [4.69, 9.17) is 18.9 Å². The van der Waals surface area contributed by atoms with Gasteiger partial charge in [-0.05, 0) is 30.7 Å². The molecule has 0 bridgehead atoms. The molecule has 3 rings (SSSR count). The van der Waals surface area contributed by atoms with Crippen LogP contribution in [0.3, 0.4) is 0 Å². The molecule has 0 aromatic heterocycles. The van der Waals surface area contributed by atoms with Crippen molar-refractivity contribution in [1.29, 1.82) is 0 Å². The minimum absolute atomic E-state index is 0.00256. The Kier molecular flexibility index (Phi) is 5.55. The Morgan fingerprint density at radius 3 is 2.70 bits per heavy atom. The van der Waals surface area contributed by atoms with E-state index in [0.717, 1.165) is 17.4 Å². The van der Waals surface area contributed by atoms with Crippen molar-refractivity contribution in [3.8, 4) is 17.2 Å². The number of carbonyl (C=O) groups excluding carboxylic acids is 1.